The molecule has 9 nitrogen and oxygen atoms in total. The number of carbonyl (C=O) groups excluding carboxylic acids is 4. The van der Waals surface area contributed by atoms with Crippen LogP contribution in [0.15, 0.2) is 22.8 Å². The molecule has 0 saturated heterocycles. The summed E-state index contributed by atoms with van der Waals surface area (Å²) >= 11 is 0. The Hall–Kier alpha value is -2.52. The zero-order valence-corrected chi connectivity index (χ0v) is 21.4. The lowest BCUT2D eigenvalue weighted by Crippen LogP contribution is -2.56. The maximum atomic E-state index is 13.9. The van der Waals surface area contributed by atoms with Crippen LogP contribution in [0.2, 0.25) is 0 Å². The summed E-state index contributed by atoms with van der Waals surface area (Å²) in [5.41, 5.74) is -0.763. The van der Waals surface area contributed by atoms with Gasteiger partial charge in [-0.05, 0) is 54.9 Å². The molecule has 0 amide bonds. The molecule has 0 radical (unpaired) electrons. The maximum Gasteiger partial charge on any atom is 0.303 e. The average Bonchev–Trinajstić information content (AvgIpc) is 2.70. The van der Waals surface area contributed by atoms with Crippen LogP contribution in [-0.4, -0.2) is 64.4 Å². The van der Waals surface area contributed by atoms with Crippen molar-refractivity contribution in [2.24, 2.45) is 16.7 Å². The molecule has 2 N–H and O–H groups in total. The highest BCUT2D eigenvalue weighted by molar-refractivity contribution is 5.93. The molecule has 3 aliphatic carbocycles. The van der Waals surface area contributed by atoms with Gasteiger partial charge in [0.15, 0.2) is 5.78 Å². The Labute approximate surface area is 205 Å². The molecule has 4 bridgehead atoms. The highest BCUT2D eigenvalue weighted by Gasteiger charge is 2.56. The van der Waals surface area contributed by atoms with E-state index in [1.807, 2.05) is 13.8 Å². The topological polar surface area (TPSA) is 136 Å². The standard InChI is InChI=1S/C26H36O9/c1-12-19(33-13(2)27)9-17-20(34-14(3)28)8-16-11-26(7,21(10-18(16)30)35-15(4)29)24(32)23(31)22(12)25(17,5)6/h8,17-21,23,30-31H,9-11H2,1-7H3. The first-order valence-electron chi connectivity index (χ1n) is 11.9. The molecule has 0 aromatic carbocycles. The minimum Gasteiger partial charge on any atom is -0.461 e. The van der Waals surface area contributed by atoms with E-state index in [1.54, 1.807) is 19.9 Å². The van der Waals surface area contributed by atoms with Crippen LogP contribution in [-0.2, 0) is 33.4 Å². The van der Waals surface area contributed by atoms with Gasteiger partial charge in [0.2, 0.25) is 0 Å². The van der Waals surface area contributed by atoms with Crippen molar-refractivity contribution in [2.45, 2.75) is 98.2 Å². The first kappa shape index (κ1) is 27.1. The van der Waals surface area contributed by atoms with Gasteiger partial charge >= 0.3 is 17.9 Å². The van der Waals surface area contributed by atoms with Crippen molar-refractivity contribution in [3.8, 4) is 0 Å². The van der Waals surface area contributed by atoms with Crippen LogP contribution in [0.1, 0.15) is 67.7 Å². The molecule has 1 fully saturated rings. The molecule has 0 spiro atoms. The largest absolute Gasteiger partial charge is 0.461 e. The Kier molecular flexibility index (Phi) is 7.35. The maximum absolute atomic E-state index is 13.9. The van der Waals surface area contributed by atoms with Crippen LogP contribution in [0.4, 0.5) is 0 Å². The van der Waals surface area contributed by atoms with E-state index in [9.17, 15) is 29.4 Å². The Balaban J connectivity index is 2.29. The second kappa shape index (κ2) is 9.50. The molecule has 35 heavy (non-hydrogen) atoms. The number of hydrogen-bond donors (Lipinski definition) is 2. The molecule has 0 heterocycles. The zero-order valence-electron chi connectivity index (χ0n) is 21.4. The lowest BCUT2D eigenvalue weighted by atomic mass is 9.57. The SMILES string of the molecule is CC(=O)OC1CC2C(OC(C)=O)C=C3CC(C)(C(=O)C(O)C(=C1C)C2(C)C)C(OC(C)=O)CC3O. The smallest absolute Gasteiger partial charge is 0.303 e. The molecule has 0 aromatic rings. The Morgan fingerprint density at radius 2 is 1.51 bits per heavy atom. The third-order valence-corrected chi connectivity index (χ3v) is 7.92. The van der Waals surface area contributed by atoms with Gasteiger partial charge in [-0.25, -0.2) is 0 Å². The van der Waals surface area contributed by atoms with Crippen molar-refractivity contribution in [2.75, 3.05) is 0 Å². The molecule has 7 unspecified atom stereocenters. The molecule has 194 valence electrons. The minimum absolute atomic E-state index is 0.0205. The average molecular weight is 493 g/mol. The quantitative estimate of drug-likeness (QED) is 0.345. The van der Waals surface area contributed by atoms with Gasteiger partial charge < -0.3 is 24.4 Å². The van der Waals surface area contributed by atoms with E-state index in [4.69, 9.17) is 14.2 Å². The molecular formula is C26H36O9. The summed E-state index contributed by atoms with van der Waals surface area (Å²) in [6, 6.07) is 0. The first-order valence-corrected chi connectivity index (χ1v) is 11.9. The summed E-state index contributed by atoms with van der Waals surface area (Å²) in [5.74, 6) is -2.66. The van der Waals surface area contributed by atoms with Crippen LogP contribution in [0.3, 0.4) is 0 Å². The summed E-state index contributed by atoms with van der Waals surface area (Å²) < 4.78 is 16.7. The summed E-state index contributed by atoms with van der Waals surface area (Å²) in [7, 11) is 0. The number of aliphatic hydroxyl groups is 2. The second-order valence-corrected chi connectivity index (χ2v) is 10.8. The monoisotopic (exact) mass is 492 g/mol. The molecule has 0 aliphatic heterocycles. The predicted molar refractivity (Wildman–Crippen MR) is 124 cm³/mol. The van der Waals surface area contributed by atoms with E-state index in [-0.39, 0.29) is 12.8 Å². The number of rotatable bonds is 3. The molecule has 7 atom stereocenters. The van der Waals surface area contributed by atoms with Crippen molar-refractivity contribution in [1.29, 1.82) is 0 Å². The first-order chi connectivity index (χ1) is 16.1. The van der Waals surface area contributed by atoms with Crippen LogP contribution < -0.4 is 0 Å². The minimum atomic E-state index is -1.58. The molecule has 3 rings (SSSR count). The molecular weight excluding hydrogens is 456 g/mol. The summed E-state index contributed by atoms with van der Waals surface area (Å²) in [6.45, 7) is 10.8. The van der Waals surface area contributed by atoms with Gasteiger partial charge in [0.25, 0.3) is 0 Å². The van der Waals surface area contributed by atoms with Gasteiger partial charge in [-0.1, -0.05) is 13.8 Å². The van der Waals surface area contributed by atoms with E-state index < -0.39 is 71.0 Å². The number of esters is 3. The lowest BCUT2D eigenvalue weighted by Gasteiger charge is -2.51. The lowest BCUT2D eigenvalue weighted by molar-refractivity contribution is -0.166. The van der Waals surface area contributed by atoms with Gasteiger partial charge in [-0.15, -0.1) is 0 Å². The fraction of sp³-hybridized carbons (Fsp3) is 0.692. The Morgan fingerprint density at radius 3 is 2.06 bits per heavy atom. The number of hydrogen-bond acceptors (Lipinski definition) is 9. The van der Waals surface area contributed by atoms with E-state index in [1.165, 1.54) is 20.8 Å². The van der Waals surface area contributed by atoms with Crippen LogP contribution in [0.25, 0.3) is 0 Å². The van der Waals surface area contributed by atoms with E-state index in [0.29, 0.717) is 23.1 Å². The number of aliphatic hydroxyl groups excluding tert-OH is 2. The molecule has 9 heteroatoms. The Bertz CT molecular complexity index is 991. The Morgan fingerprint density at radius 1 is 0.943 bits per heavy atom. The van der Waals surface area contributed by atoms with Crippen molar-refractivity contribution < 1.29 is 43.6 Å². The molecule has 0 aromatic heterocycles. The van der Waals surface area contributed by atoms with Crippen molar-refractivity contribution in [1.82, 2.24) is 0 Å². The number of carbonyl (C=O) groups is 4. The van der Waals surface area contributed by atoms with E-state index in [2.05, 4.69) is 0 Å². The number of ketones is 1. The van der Waals surface area contributed by atoms with Gasteiger partial charge in [0, 0.05) is 33.1 Å². The van der Waals surface area contributed by atoms with Gasteiger partial charge in [0.05, 0.1) is 11.5 Å². The van der Waals surface area contributed by atoms with Gasteiger partial charge in [0.1, 0.15) is 24.4 Å². The second-order valence-electron chi connectivity index (χ2n) is 10.8. The van der Waals surface area contributed by atoms with Crippen molar-refractivity contribution >= 4 is 23.7 Å². The van der Waals surface area contributed by atoms with Crippen LogP contribution >= 0.6 is 0 Å². The molecule has 1 saturated carbocycles. The number of ether oxygens (including phenoxy) is 3. The van der Waals surface area contributed by atoms with Gasteiger partial charge in [-0.2, -0.15) is 0 Å². The zero-order chi connectivity index (χ0) is 26.5. The predicted octanol–water partition coefficient (Wildman–Crippen LogP) is 2.18. The third-order valence-electron chi connectivity index (χ3n) is 7.92. The fourth-order valence-corrected chi connectivity index (χ4v) is 6.18. The van der Waals surface area contributed by atoms with Crippen molar-refractivity contribution in [3.05, 3.63) is 22.8 Å². The fourth-order valence-electron chi connectivity index (χ4n) is 6.18. The third kappa shape index (κ3) is 4.93. The highest BCUT2D eigenvalue weighted by atomic mass is 16.6. The summed E-state index contributed by atoms with van der Waals surface area (Å²) in [4.78, 5) is 49.7. The van der Waals surface area contributed by atoms with E-state index in [0.717, 1.165) is 0 Å². The summed E-state index contributed by atoms with van der Waals surface area (Å²) in [5, 5.41) is 22.5. The van der Waals surface area contributed by atoms with Crippen molar-refractivity contribution in [3.63, 3.8) is 0 Å². The molecule has 3 aliphatic rings. The normalized spacial score (nSPS) is 36.6. The number of Topliss-reactive ketones (excluding diaryl/α,β-unsaturated/α-hetero) is 1. The number of fused-ring (bicyclic) bond motifs is 4. The van der Waals surface area contributed by atoms with E-state index >= 15 is 0 Å². The summed E-state index contributed by atoms with van der Waals surface area (Å²) in [6.07, 6.45) is -3.17. The highest BCUT2D eigenvalue weighted by Crippen LogP contribution is 2.53. The van der Waals surface area contributed by atoms with Crippen LogP contribution in [0, 0.1) is 16.7 Å². The van der Waals surface area contributed by atoms with Gasteiger partial charge in [-0.3, -0.25) is 19.2 Å². The van der Waals surface area contributed by atoms with Crippen LogP contribution in [0.5, 0.6) is 0 Å².